The van der Waals surface area contributed by atoms with Gasteiger partial charge in [0.1, 0.15) is 90.3 Å². The molecule has 0 aromatic heterocycles. The molecule has 0 bridgehead atoms. The number of phenols is 1. The van der Waals surface area contributed by atoms with Crippen molar-refractivity contribution < 1.29 is 102 Å². The molecule has 1 saturated heterocycles. The highest BCUT2D eigenvalue weighted by molar-refractivity contribution is 7.80. The van der Waals surface area contributed by atoms with Gasteiger partial charge in [-0.05, 0) is 106 Å². The summed E-state index contributed by atoms with van der Waals surface area (Å²) in [5.74, 6) is -18.1. The molecule has 0 aliphatic carbocycles. The highest BCUT2D eigenvalue weighted by atomic mass is 32.1. The molecule has 26 N–H and O–H groups in total. The number of guanidine groups is 1. The number of hydrogen-bond donors (Lipinski definition) is 23. The van der Waals surface area contributed by atoms with Crippen LogP contribution in [0.1, 0.15) is 138 Å². The lowest BCUT2D eigenvalue weighted by atomic mass is 9.96. The second kappa shape index (κ2) is 49.9. The fourth-order valence-corrected chi connectivity index (χ4v) is 12.3. The standard InChI is InChI=1S/C75H119N19O21S/c1-11-40(8)59(92-66(106)50(30-38(4)5)88-72(112)60(42(10)97)93-62(102)46(76)34-95)71(111)85-48(25-26-56(77)99)73(113)94-28-16-20-55(94)69(109)87-49(29-37(2)3)64(104)84-47(19-15-27-80-75(78)79)63(103)90-54(36-116)68(108)86-51(31-44-21-23-45(98)24-22-44)65(105)89-53(35-96)67(107)82-41(9)61(101)91-58(39(6)7)70(110)81-33-57(100)83-52(74(114)115)32-43-17-13-12-14-18-43/h12-14,17-18,21-24,37-42,46-55,58-60,95-98,116H,11,15-16,19-20,25-36,76H2,1-10H3,(H2,77,99)(H,81,110)(H,82,107)(H,83,100)(H,84,104)(H,85,111)(H,86,108)(H,87,109)(H,88,112)(H,89,105)(H,90,103)(H,91,101)(H,92,106)(H,93,102)(H,114,115)(H4,78,79,80)/t40-,41-,42+,46-,47-,48-,49-,50-,51-,52-,53-,54-,55-,58-,59-,60-/m0/s1. The van der Waals surface area contributed by atoms with Gasteiger partial charge in [0.15, 0.2) is 5.96 Å². The summed E-state index contributed by atoms with van der Waals surface area (Å²) in [6.07, 6.45) is -2.41. The number of aliphatic carboxylic acids is 1. The van der Waals surface area contributed by atoms with Crippen LogP contribution < -0.4 is 92.1 Å². The van der Waals surface area contributed by atoms with E-state index >= 15 is 0 Å². The number of aliphatic hydroxyl groups excluding tert-OH is 3. The number of amides is 15. The second-order valence-corrected chi connectivity index (χ2v) is 30.1. The lowest BCUT2D eigenvalue weighted by molar-refractivity contribution is -0.143. The SMILES string of the molecule is CC[C@H](C)[C@H](NC(=O)[C@H](CC(C)C)NC(=O)[C@@H](NC(=O)[C@@H](N)CO)[C@@H](C)O)C(=O)N[C@@H](CCC(N)=O)C(=O)N1CCC[C@H]1C(=O)N[C@@H](CC(C)C)C(=O)N[C@@H](CCCN=C(N)N)C(=O)N[C@@H](CS)C(=O)N[C@@H](Cc1ccc(O)cc1)C(=O)N[C@@H](CO)C(=O)N[C@@H](C)C(=O)N[C@H](C(=O)NCC(=O)N[C@@H](Cc1ccccc1)C(=O)O)C(C)C. The van der Waals surface area contributed by atoms with Gasteiger partial charge in [-0.1, -0.05) is 104 Å². The van der Waals surface area contributed by atoms with Crippen LogP contribution in [-0.4, -0.2) is 260 Å². The van der Waals surface area contributed by atoms with Crippen LogP contribution >= 0.6 is 12.6 Å². The number of aromatic hydroxyl groups is 1. The summed E-state index contributed by atoms with van der Waals surface area (Å²) < 4.78 is 0. The molecule has 0 unspecified atom stereocenters. The quantitative estimate of drug-likeness (QED) is 0.0127. The van der Waals surface area contributed by atoms with Gasteiger partial charge in [0.2, 0.25) is 88.6 Å². The molecule has 2 aromatic carbocycles. The van der Waals surface area contributed by atoms with E-state index < -0.39 is 229 Å². The summed E-state index contributed by atoms with van der Waals surface area (Å²) in [6, 6.07) is -6.88. The highest BCUT2D eigenvalue weighted by Crippen LogP contribution is 2.23. The Kier molecular flexibility index (Phi) is 42.7. The number of likely N-dealkylation sites (tertiary alicyclic amines) is 1. The fraction of sp³-hybridized carbons (Fsp3) is 0.613. The number of phenolic OH excluding ortho intramolecular Hbond substituents is 1. The van der Waals surface area contributed by atoms with Crippen LogP contribution in [0.2, 0.25) is 0 Å². The Morgan fingerprint density at radius 1 is 0.534 bits per heavy atom. The maximum absolute atomic E-state index is 14.8. The average molecular weight is 1650 g/mol. The lowest BCUT2D eigenvalue weighted by Gasteiger charge is -2.32. The van der Waals surface area contributed by atoms with Gasteiger partial charge in [-0.3, -0.25) is 76.9 Å². The number of aliphatic hydroxyl groups is 3. The zero-order valence-electron chi connectivity index (χ0n) is 67.1. The fourth-order valence-electron chi connectivity index (χ4n) is 12.0. The topological polar surface area (TPSA) is 650 Å². The molecule has 1 aliphatic rings. The normalized spacial score (nSPS) is 16.4. The van der Waals surface area contributed by atoms with E-state index in [9.17, 15) is 102 Å². The van der Waals surface area contributed by atoms with Gasteiger partial charge in [-0.2, -0.15) is 12.6 Å². The lowest BCUT2D eigenvalue weighted by Crippen LogP contribution is -2.62. The zero-order chi connectivity index (χ0) is 87.4. The first-order valence-electron chi connectivity index (χ1n) is 38.4. The van der Waals surface area contributed by atoms with E-state index in [2.05, 4.69) is 86.7 Å². The van der Waals surface area contributed by atoms with Crippen molar-refractivity contribution in [3.05, 3.63) is 65.7 Å². The molecule has 15 amide bonds. The monoisotopic (exact) mass is 1650 g/mol. The molecule has 0 spiro atoms. The van der Waals surface area contributed by atoms with E-state index in [1.54, 1.807) is 85.7 Å². The number of carboxylic acids is 1. The molecule has 116 heavy (non-hydrogen) atoms. The largest absolute Gasteiger partial charge is 0.508 e. The highest BCUT2D eigenvalue weighted by Gasteiger charge is 2.43. The van der Waals surface area contributed by atoms with Gasteiger partial charge in [0, 0.05) is 38.1 Å². The zero-order valence-corrected chi connectivity index (χ0v) is 68.0. The molecule has 16 atom stereocenters. The van der Waals surface area contributed by atoms with E-state index in [0.717, 1.165) is 4.90 Å². The Balaban J connectivity index is 1.87. The number of carbonyl (C=O) groups is 16. The summed E-state index contributed by atoms with van der Waals surface area (Å²) in [4.78, 5) is 225. The van der Waals surface area contributed by atoms with Crippen molar-refractivity contribution in [1.29, 1.82) is 0 Å². The van der Waals surface area contributed by atoms with Crippen molar-refractivity contribution >= 4 is 113 Å². The van der Waals surface area contributed by atoms with Crippen LogP contribution in [0, 0.1) is 23.7 Å². The predicted octanol–water partition coefficient (Wildman–Crippen LogP) is -6.06. The van der Waals surface area contributed by atoms with Crippen molar-refractivity contribution in [2.24, 2.45) is 51.6 Å². The van der Waals surface area contributed by atoms with Gasteiger partial charge in [0.05, 0.1) is 25.9 Å². The third kappa shape index (κ3) is 34.0. The predicted molar refractivity (Wildman–Crippen MR) is 425 cm³/mol. The Morgan fingerprint density at radius 2 is 1.03 bits per heavy atom. The van der Waals surface area contributed by atoms with Gasteiger partial charge in [-0.15, -0.1) is 0 Å². The third-order valence-corrected chi connectivity index (χ3v) is 19.1. The van der Waals surface area contributed by atoms with Crippen LogP contribution in [0.4, 0.5) is 0 Å². The van der Waals surface area contributed by atoms with E-state index in [4.69, 9.17) is 22.9 Å². The number of nitrogens with one attached hydrogen (secondary N) is 13. The Hall–Kier alpha value is -10.8. The third-order valence-electron chi connectivity index (χ3n) is 18.8. The number of thiol groups is 1. The molecule has 41 heteroatoms. The molecular weight excluding hydrogens is 1540 g/mol. The molecule has 3 rings (SSSR count). The molecule has 2 aromatic rings. The van der Waals surface area contributed by atoms with E-state index in [1.165, 1.54) is 38.1 Å². The Bertz CT molecular complexity index is 3700. The minimum absolute atomic E-state index is 0.00936. The minimum atomic E-state index is -1.81. The summed E-state index contributed by atoms with van der Waals surface area (Å²) in [7, 11) is 0. The minimum Gasteiger partial charge on any atom is -0.508 e. The number of nitrogens with zero attached hydrogens (tertiary/aromatic N) is 2. The summed E-state index contributed by atoms with van der Waals surface area (Å²) in [5.41, 5.74) is 23.3. The van der Waals surface area contributed by atoms with Crippen molar-refractivity contribution in [3.63, 3.8) is 0 Å². The van der Waals surface area contributed by atoms with Crippen LogP contribution in [0.25, 0.3) is 0 Å². The Labute approximate surface area is 678 Å². The number of carbonyl (C=O) groups excluding carboxylic acids is 15. The Morgan fingerprint density at radius 3 is 1.59 bits per heavy atom. The molecular formula is C75H119N19O21S. The number of rotatable bonds is 50. The van der Waals surface area contributed by atoms with Gasteiger partial charge in [-0.25, -0.2) is 4.79 Å². The van der Waals surface area contributed by atoms with Crippen LogP contribution in [0.15, 0.2) is 59.6 Å². The van der Waals surface area contributed by atoms with Gasteiger partial charge < -0.3 is 122 Å². The molecule has 1 fully saturated rings. The molecule has 646 valence electrons. The first-order chi connectivity index (χ1) is 54.5. The van der Waals surface area contributed by atoms with Crippen LogP contribution in [-0.2, 0) is 89.6 Å². The van der Waals surface area contributed by atoms with Gasteiger partial charge in [0.25, 0.3) is 0 Å². The molecule has 1 aliphatic heterocycles. The first-order valence-corrected chi connectivity index (χ1v) is 39.1. The van der Waals surface area contributed by atoms with E-state index in [0.29, 0.717) is 11.1 Å². The van der Waals surface area contributed by atoms with Crippen molar-refractivity contribution in [2.75, 3.05) is 38.6 Å². The van der Waals surface area contributed by atoms with E-state index in [1.807, 2.05) is 0 Å². The maximum Gasteiger partial charge on any atom is 0.326 e. The van der Waals surface area contributed by atoms with Gasteiger partial charge >= 0.3 is 5.97 Å². The molecule has 1 heterocycles. The average Bonchev–Trinajstić information content (AvgIpc) is 1.64. The summed E-state index contributed by atoms with van der Waals surface area (Å²) in [6.45, 7) is 13.2. The van der Waals surface area contributed by atoms with Crippen molar-refractivity contribution in [3.8, 4) is 5.75 Å². The van der Waals surface area contributed by atoms with E-state index in [-0.39, 0.29) is 101 Å². The van der Waals surface area contributed by atoms with Crippen LogP contribution in [0.3, 0.4) is 0 Å². The maximum atomic E-state index is 14.8. The molecule has 0 radical (unpaired) electrons. The van der Waals surface area contributed by atoms with Crippen LogP contribution in [0.5, 0.6) is 5.75 Å². The number of primary amides is 1. The number of nitrogens with two attached hydrogens (primary N) is 4. The smallest absolute Gasteiger partial charge is 0.326 e. The number of aliphatic imine (C=N–C) groups is 1. The number of benzene rings is 2. The summed E-state index contributed by atoms with van der Waals surface area (Å²) >= 11 is 4.32. The number of carboxylic acid groups (broad SMARTS) is 1. The molecule has 40 nitrogen and oxygen atoms in total. The first kappa shape index (κ1) is 99.4. The second-order valence-electron chi connectivity index (χ2n) is 29.8. The number of hydrogen-bond acceptors (Lipinski definition) is 23. The van der Waals surface area contributed by atoms with Crippen molar-refractivity contribution in [1.82, 2.24) is 74.0 Å². The molecule has 0 saturated carbocycles. The summed E-state index contributed by atoms with van der Waals surface area (Å²) in [5, 5.41) is 82.5. The van der Waals surface area contributed by atoms with Crippen molar-refractivity contribution in [2.45, 2.75) is 231 Å².